The van der Waals surface area contributed by atoms with Crippen molar-refractivity contribution in [1.29, 1.82) is 5.26 Å². The van der Waals surface area contributed by atoms with Crippen LogP contribution in [0.3, 0.4) is 0 Å². The molecule has 0 aliphatic rings. The van der Waals surface area contributed by atoms with Gasteiger partial charge < -0.3 is 15.5 Å². The molecule has 1 rings (SSSR count). The van der Waals surface area contributed by atoms with Gasteiger partial charge in [-0.15, -0.1) is 0 Å². The smallest absolute Gasteiger partial charge is 0.144 e. The first-order valence-corrected chi connectivity index (χ1v) is 6.35. The lowest BCUT2D eigenvalue weighted by atomic mass is 10.0. The van der Waals surface area contributed by atoms with Crippen LogP contribution in [0.15, 0.2) is 6.07 Å². The maximum Gasteiger partial charge on any atom is 0.144 e. The Kier molecular flexibility index (Phi) is 5.28. The molecule has 0 radical (unpaired) electrons. The molecule has 5 nitrogen and oxygen atoms in total. The Morgan fingerprint density at radius 3 is 2.74 bits per heavy atom. The fourth-order valence-corrected chi connectivity index (χ4v) is 1.75. The van der Waals surface area contributed by atoms with E-state index in [1.165, 1.54) is 0 Å². The van der Waals surface area contributed by atoms with Gasteiger partial charge in [0.2, 0.25) is 0 Å². The van der Waals surface area contributed by atoms with Crippen LogP contribution in [0.1, 0.15) is 36.6 Å². The Balaban J connectivity index is 2.78. The molecule has 1 heterocycles. The van der Waals surface area contributed by atoms with Crippen LogP contribution in [0, 0.1) is 25.2 Å². The SMILES string of the molecule is Cc1cc(C#N)c(NCC(C)(O)CCCO)nc1C. The second kappa shape index (κ2) is 6.50. The Labute approximate surface area is 113 Å². The highest BCUT2D eigenvalue weighted by Gasteiger charge is 2.20. The maximum absolute atomic E-state index is 10.1. The minimum absolute atomic E-state index is 0.0570. The molecule has 0 fully saturated rings. The molecule has 1 aromatic heterocycles. The number of aliphatic hydroxyl groups is 2. The van der Waals surface area contributed by atoms with Crippen LogP contribution in [-0.2, 0) is 0 Å². The summed E-state index contributed by atoms with van der Waals surface area (Å²) in [6.45, 7) is 5.83. The van der Waals surface area contributed by atoms with Crippen LogP contribution in [0.4, 0.5) is 5.82 Å². The van der Waals surface area contributed by atoms with Gasteiger partial charge in [0.25, 0.3) is 0 Å². The summed E-state index contributed by atoms with van der Waals surface area (Å²) in [5.74, 6) is 0.495. The van der Waals surface area contributed by atoms with Crippen LogP contribution in [0.25, 0.3) is 0 Å². The fraction of sp³-hybridized carbons (Fsp3) is 0.571. The van der Waals surface area contributed by atoms with Crippen LogP contribution >= 0.6 is 0 Å². The average molecular weight is 263 g/mol. The number of anilines is 1. The normalized spacial score (nSPS) is 13.7. The molecule has 5 heteroatoms. The summed E-state index contributed by atoms with van der Waals surface area (Å²) in [5, 5.41) is 31.0. The average Bonchev–Trinajstić information content (AvgIpc) is 2.37. The van der Waals surface area contributed by atoms with Crippen molar-refractivity contribution >= 4 is 5.82 Å². The second-order valence-corrected chi connectivity index (χ2v) is 5.08. The van der Waals surface area contributed by atoms with Gasteiger partial charge in [-0.05, 0) is 45.2 Å². The molecular formula is C14H21N3O2. The van der Waals surface area contributed by atoms with E-state index in [1.807, 2.05) is 13.8 Å². The van der Waals surface area contributed by atoms with Gasteiger partial charge in [0, 0.05) is 18.8 Å². The highest BCUT2D eigenvalue weighted by Crippen LogP contribution is 2.18. The number of aliphatic hydroxyl groups excluding tert-OH is 1. The number of hydrogen-bond donors (Lipinski definition) is 3. The molecule has 0 saturated heterocycles. The fourth-order valence-electron chi connectivity index (χ4n) is 1.75. The first-order chi connectivity index (χ1) is 8.89. The van der Waals surface area contributed by atoms with Gasteiger partial charge in [0.05, 0.1) is 11.2 Å². The van der Waals surface area contributed by atoms with E-state index in [1.54, 1.807) is 13.0 Å². The molecule has 0 amide bonds. The summed E-state index contributed by atoms with van der Waals surface area (Å²) < 4.78 is 0. The van der Waals surface area contributed by atoms with E-state index in [0.717, 1.165) is 11.3 Å². The second-order valence-electron chi connectivity index (χ2n) is 5.08. The molecule has 1 atom stereocenters. The molecule has 0 aliphatic carbocycles. The zero-order valence-corrected chi connectivity index (χ0v) is 11.7. The largest absolute Gasteiger partial charge is 0.396 e. The van der Waals surface area contributed by atoms with Crippen LogP contribution in [0.2, 0.25) is 0 Å². The number of nitriles is 1. The highest BCUT2D eigenvalue weighted by atomic mass is 16.3. The van der Waals surface area contributed by atoms with Gasteiger partial charge in [-0.1, -0.05) is 0 Å². The van der Waals surface area contributed by atoms with Crippen molar-refractivity contribution in [1.82, 2.24) is 4.98 Å². The number of aryl methyl sites for hydroxylation is 2. The van der Waals surface area contributed by atoms with Gasteiger partial charge in [-0.25, -0.2) is 4.98 Å². The lowest BCUT2D eigenvalue weighted by molar-refractivity contribution is 0.0565. The Morgan fingerprint density at radius 2 is 2.16 bits per heavy atom. The standard InChI is InChI=1S/C14H21N3O2/c1-10-7-12(8-15)13(17-11(10)2)16-9-14(3,19)5-4-6-18/h7,18-19H,4-6,9H2,1-3H3,(H,16,17). The zero-order valence-electron chi connectivity index (χ0n) is 11.7. The van der Waals surface area contributed by atoms with E-state index in [0.29, 0.717) is 24.2 Å². The number of pyridine rings is 1. The number of hydrogen-bond acceptors (Lipinski definition) is 5. The van der Waals surface area contributed by atoms with Crippen molar-refractivity contribution in [3.05, 3.63) is 22.9 Å². The monoisotopic (exact) mass is 263 g/mol. The number of rotatable bonds is 6. The van der Waals surface area contributed by atoms with E-state index >= 15 is 0 Å². The van der Waals surface area contributed by atoms with Gasteiger partial charge in [-0.3, -0.25) is 0 Å². The zero-order chi connectivity index (χ0) is 14.5. The first-order valence-electron chi connectivity index (χ1n) is 6.35. The summed E-state index contributed by atoms with van der Waals surface area (Å²) in [6, 6.07) is 3.88. The predicted molar refractivity (Wildman–Crippen MR) is 73.9 cm³/mol. The third kappa shape index (κ3) is 4.51. The maximum atomic E-state index is 10.1. The summed E-state index contributed by atoms with van der Waals surface area (Å²) in [4.78, 5) is 4.33. The molecule has 0 aliphatic heterocycles. The van der Waals surface area contributed by atoms with Crippen molar-refractivity contribution in [2.45, 2.75) is 39.2 Å². The van der Waals surface area contributed by atoms with Gasteiger partial charge in [0.15, 0.2) is 0 Å². The lowest BCUT2D eigenvalue weighted by Gasteiger charge is -2.24. The molecule has 0 aromatic carbocycles. The van der Waals surface area contributed by atoms with Gasteiger partial charge in [-0.2, -0.15) is 5.26 Å². The molecule has 1 aromatic rings. The number of aromatic nitrogens is 1. The van der Waals surface area contributed by atoms with Gasteiger partial charge in [0.1, 0.15) is 11.9 Å². The van der Waals surface area contributed by atoms with Crippen LogP contribution < -0.4 is 5.32 Å². The Hall–Kier alpha value is -1.64. The molecule has 19 heavy (non-hydrogen) atoms. The van der Waals surface area contributed by atoms with Crippen molar-refractivity contribution in [3.8, 4) is 6.07 Å². The molecular weight excluding hydrogens is 242 g/mol. The quantitative estimate of drug-likeness (QED) is 0.724. The Morgan fingerprint density at radius 1 is 1.47 bits per heavy atom. The van der Waals surface area contributed by atoms with Crippen LogP contribution in [-0.4, -0.2) is 33.9 Å². The third-order valence-corrected chi connectivity index (χ3v) is 3.10. The predicted octanol–water partition coefficient (Wildman–Crippen LogP) is 1.51. The van der Waals surface area contributed by atoms with Crippen LogP contribution in [0.5, 0.6) is 0 Å². The topological polar surface area (TPSA) is 89.2 Å². The van der Waals surface area contributed by atoms with E-state index in [4.69, 9.17) is 10.4 Å². The summed E-state index contributed by atoms with van der Waals surface area (Å²) >= 11 is 0. The number of nitrogens with zero attached hydrogens (tertiary/aromatic N) is 2. The van der Waals surface area contributed by atoms with Gasteiger partial charge >= 0.3 is 0 Å². The van der Waals surface area contributed by atoms with E-state index < -0.39 is 5.60 Å². The van der Waals surface area contributed by atoms with Crippen molar-refractivity contribution < 1.29 is 10.2 Å². The van der Waals surface area contributed by atoms with E-state index in [-0.39, 0.29) is 13.2 Å². The molecule has 0 bridgehead atoms. The third-order valence-electron chi connectivity index (χ3n) is 3.10. The molecule has 104 valence electrons. The summed E-state index contributed by atoms with van der Waals surface area (Å²) in [5.41, 5.74) is 1.36. The molecule has 1 unspecified atom stereocenters. The highest BCUT2D eigenvalue weighted by molar-refractivity contribution is 5.54. The minimum atomic E-state index is -0.935. The van der Waals surface area contributed by atoms with Crippen molar-refractivity contribution in [2.75, 3.05) is 18.5 Å². The summed E-state index contributed by atoms with van der Waals surface area (Å²) in [7, 11) is 0. The van der Waals surface area contributed by atoms with Crippen molar-refractivity contribution in [3.63, 3.8) is 0 Å². The first kappa shape index (κ1) is 15.4. The molecule has 0 spiro atoms. The van der Waals surface area contributed by atoms with E-state index in [9.17, 15) is 5.11 Å². The van der Waals surface area contributed by atoms with Crippen molar-refractivity contribution in [2.24, 2.45) is 0 Å². The lowest BCUT2D eigenvalue weighted by Crippen LogP contribution is -2.34. The minimum Gasteiger partial charge on any atom is -0.396 e. The number of nitrogens with one attached hydrogen (secondary N) is 1. The van der Waals surface area contributed by atoms with E-state index in [2.05, 4.69) is 16.4 Å². The summed E-state index contributed by atoms with van der Waals surface area (Å²) in [6.07, 6.45) is 1.03. The molecule has 3 N–H and O–H groups in total. The molecule has 0 saturated carbocycles. The Bertz CT molecular complexity index is 478.